The molecule has 0 heterocycles. The van der Waals surface area contributed by atoms with Crippen LogP contribution in [0.4, 0.5) is 18.9 Å². The maximum Gasteiger partial charge on any atom is 0.416 e. The van der Waals surface area contributed by atoms with Crippen molar-refractivity contribution >= 4 is 5.69 Å². The largest absolute Gasteiger partial charge is 0.416 e. The van der Waals surface area contributed by atoms with Crippen LogP contribution in [0.5, 0.6) is 0 Å². The molecule has 5 heteroatoms. The van der Waals surface area contributed by atoms with Gasteiger partial charge in [-0.15, -0.1) is 0 Å². The average Bonchev–Trinajstić information content (AvgIpc) is 2.28. The number of hydrogen-bond acceptors (Lipinski definition) is 2. The first-order valence-corrected chi connectivity index (χ1v) is 5.52. The van der Waals surface area contributed by atoms with E-state index in [0.717, 1.165) is 25.0 Å². The highest BCUT2D eigenvalue weighted by Crippen LogP contribution is 2.29. The predicted octanol–water partition coefficient (Wildman–Crippen LogP) is 3.28. The number of aliphatic hydroxyl groups is 1. The summed E-state index contributed by atoms with van der Waals surface area (Å²) in [6.45, 7) is 1.95. The zero-order valence-electron chi connectivity index (χ0n) is 9.59. The van der Waals surface area contributed by atoms with Gasteiger partial charge in [-0.25, -0.2) is 0 Å². The molecule has 0 aliphatic carbocycles. The monoisotopic (exact) mass is 247 g/mol. The molecule has 0 spiro atoms. The number of halogens is 3. The van der Waals surface area contributed by atoms with Crippen molar-refractivity contribution in [2.75, 3.05) is 11.9 Å². The van der Waals surface area contributed by atoms with Gasteiger partial charge in [0.05, 0.1) is 12.2 Å². The van der Waals surface area contributed by atoms with Crippen LogP contribution >= 0.6 is 0 Å². The summed E-state index contributed by atoms with van der Waals surface area (Å²) in [6.07, 6.45) is -2.63. The number of hydrogen-bond donors (Lipinski definition) is 2. The second-order valence-electron chi connectivity index (χ2n) is 3.89. The van der Waals surface area contributed by atoms with Crippen molar-refractivity contribution in [1.82, 2.24) is 0 Å². The van der Waals surface area contributed by atoms with Gasteiger partial charge in [-0.3, -0.25) is 0 Å². The Bertz CT molecular complexity index is 335. The molecule has 0 amide bonds. The standard InChI is InChI=1S/C12H16F3NO/c1-2-3-11(8-17)16-10-6-4-9(5-7-10)12(13,14)15/h4-7,11,16-17H,2-3,8H2,1H3/t11-/m1/s1. The first kappa shape index (κ1) is 13.8. The van der Waals surface area contributed by atoms with Crippen LogP contribution in [0.25, 0.3) is 0 Å². The van der Waals surface area contributed by atoms with E-state index >= 15 is 0 Å². The molecule has 0 bridgehead atoms. The topological polar surface area (TPSA) is 32.3 Å². The Morgan fingerprint density at radius 3 is 2.24 bits per heavy atom. The highest BCUT2D eigenvalue weighted by Gasteiger charge is 2.29. The molecular formula is C12H16F3NO. The van der Waals surface area contributed by atoms with Gasteiger partial charge in [0, 0.05) is 11.7 Å². The van der Waals surface area contributed by atoms with Crippen molar-refractivity contribution < 1.29 is 18.3 Å². The Morgan fingerprint density at radius 2 is 1.82 bits per heavy atom. The lowest BCUT2D eigenvalue weighted by atomic mass is 10.1. The van der Waals surface area contributed by atoms with E-state index in [1.54, 1.807) is 0 Å². The average molecular weight is 247 g/mol. The summed E-state index contributed by atoms with van der Waals surface area (Å²) >= 11 is 0. The summed E-state index contributed by atoms with van der Waals surface area (Å²) in [6, 6.07) is 4.70. The predicted molar refractivity (Wildman–Crippen MR) is 60.8 cm³/mol. The third-order valence-electron chi connectivity index (χ3n) is 2.44. The van der Waals surface area contributed by atoms with Gasteiger partial charge < -0.3 is 10.4 Å². The van der Waals surface area contributed by atoms with E-state index in [1.165, 1.54) is 12.1 Å². The van der Waals surface area contributed by atoms with Crippen LogP contribution in [0.3, 0.4) is 0 Å². The van der Waals surface area contributed by atoms with Crippen LogP contribution in [0.1, 0.15) is 25.3 Å². The molecular weight excluding hydrogens is 231 g/mol. The zero-order chi connectivity index (χ0) is 12.9. The summed E-state index contributed by atoms with van der Waals surface area (Å²) in [5.74, 6) is 0. The van der Waals surface area contributed by atoms with Crippen LogP contribution in [0.2, 0.25) is 0 Å². The molecule has 0 unspecified atom stereocenters. The molecule has 0 aromatic heterocycles. The van der Waals surface area contributed by atoms with Gasteiger partial charge in [0.2, 0.25) is 0 Å². The normalized spacial score (nSPS) is 13.5. The fourth-order valence-corrected chi connectivity index (χ4v) is 1.55. The van der Waals surface area contributed by atoms with Gasteiger partial charge in [-0.05, 0) is 30.7 Å². The van der Waals surface area contributed by atoms with E-state index in [-0.39, 0.29) is 12.6 Å². The number of aliphatic hydroxyl groups excluding tert-OH is 1. The number of anilines is 1. The van der Waals surface area contributed by atoms with Crippen molar-refractivity contribution in [2.45, 2.75) is 32.0 Å². The lowest BCUT2D eigenvalue weighted by molar-refractivity contribution is -0.137. The van der Waals surface area contributed by atoms with Gasteiger partial charge in [0.1, 0.15) is 0 Å². The molecule has 0 aliphatic rings. The van der Waals surface area contributed by atoms with Crippen LogP contribution in [-0.2, 0) is 6.18 Å². The highest BCUT2D eigenvalue weighted by molar-refractivity contribution is 5.45. The fraction of sp³-hybridized carbons (Fsp3) is 0.500. The second kappa shape index (κ2) is 5.91. The summed E-state index contributed by atoms with van der Waals surface area (Å²) in [5, 5.41) is 12.1. The maximum absolute atomic E-state index is 12.3. The molecule has 1 aromatic rings. The number of benzene rings is 1. The molecule has 0 saturated carbocycles. The van der Waals surface area contributed by atoms with Crippen molar-refractivity contribution in [3.8, 4) is 0 Å². The van der Waals surface area contributed by atoms with Gasteiger partial charge in [0.15, 0.2) is 0 Å². The van der Waals surface area contributed by atoms with E-state index in [0.29, 0.717) is 5.69 Å². The number of alkyl halides is 3. The third kappa shape index (κ3) is 4.26. The molecule has 2 N–H and O–H groups in total. The van der Waals surface area contributed by atoms with E-state index < -0.39 is 11.7 Å². The van der Waals surface area contributed by atoms with Crippen LogP contribution in [-0.4, -0.2) is 17.8 Å². The zero-order valence-corrected chi connectivity index (χ0v) is 9.59. The Labute approximate surface area is 98.5 Å². The Morgan fingerprint density at radius 1 is 1.24 bits per heavy atom. The third-order valence-corrected chi connectivity index (χ3v) is 2.44. The molecule has 0 radical (unpaired) electrons. The van der Waals surface area contributed by atoms with Crippen molar-refractivity contribution in [2.24, 2.45) is 0 Å². The first-order chi connectivity index (χ1) is 7.97. The molecule has 0 fully saturated rings. The lowest BCUT2D eigenvalue weighted by Crippen LogP contribution is -2.23. The Kier molecular flexibility index (Phi) is 4.81. The van der Waals surface area contributed by atoms with E-state index in [1.807, 2.05) is 6.92 Å². The summed E-state index contributed by atoms with van der Waals surface area (Å²) < 4.78 is 36.9. The van der Waals surface area contributed by atoms with Crippen molar-refractivity contribution in [3.63, 3.8) is 0 Å². The van der Waals surface area contributed by atoms with Crippen molar-refractivity contribution in [1.29, 1.82) is 0 Å². The van der Waals surface area contributed by atoms with E-state index in [2.05, 4.69) is 5.32 Å². The fourth-order valence-electron chi connectivity index (χ4n) is 1.55. The molecule has 1 rings (SSSR count). The molecule has 1 aromatic carbocycles. The van der Waals surface area contributed by atoms with E-state index in [4.69, 9.17) is 5.11 Å². The summed E-state index contributed by atoms with van der Waals surface area (Å²) in [5.41, 5.74) is -0.0791. The maximum atomic E-state index is 12.3. The van der Waals surface area contributed by atoms with Crippen LogP contribution in [0, 0.1) is 0 Å². The van der Waals surface area contributed by atoms with Gasteiger partial charge in [-0.1, -0.05) is 13.3 Å². The smallest absolute Gasteiger partial charge is 0.394 e. The van der Waals surface area contributed by atoms with Crippen molar-refractivity contribution in [3.05, 3.63) is 29.8 Å². The second-order valence-corrected chi connectivity index (χ2v) is 3.89. The molecule has 96 valence electrons. The summed E-state index contributed by atoms with van der Waals surface area (Å²) in [4.78, 5) is 0. The molecule has 17 heavy (non-hydrogen) atoms. The molecule has 0 saturated heterocycles. The molecule has 2 nitrogen and oxygen atoms in total. The highest BCUT2D eigenvalue weighted by atomic mass is 19.4. The Hall–Kier alpha value is -1.23. The van der Waals surface area contributed by atoms with E-state index in [9.17, 15) is 13.2 Å². The first-order valence-electron chi connectivity index (χ1n) is 5.52. The molecule has 1 atom stereocenters. The lowest BCUT2D eigenvalue weighted by Gasteiger charge is -2.17. The SMILES string of the molecule is CCC[C@H](CO)Nc1ccc(C(F)(F)F)cc1. The number of nitrogens with one attached hydrogen (secondary N) is 1. The Balaban J connectivity index is 2.68. The quantitative estimate of drug-likeness (QED) is 0.836. The minimum absolute atomic E-state index is 0.0329. The van der Waals surface area contributed by atoms with Gasteiger partial charge in [-0.2, -0.15) is 13.2 Å². The minimum Gasteiger partial charge on any atom is -0.394 e. The minimum atomic E-state index is -4.31. The van der Waals surface area contributed by atoms with Gasteiger partial charge in [0.25, 0.3) is 0 Å². The number of rotatable bonds is 5. The molecule has 0 aliphatic heterocycles. The van der Waals surface area contributed by atoms with Crippen LogP contribution in [0.15, 0.2) is 24.3 Å². The van der Waals surface area contributed by atoms with Gasteiger partial charge >= 0.3 is 6.18 Å². The summed E-state index contributed by atoms with van der Waals surface area (Å²) in [7, 11) is 0. The van der Waals surface area contributed by atoms with Crippen LogP contribution < -0.4 is 5.32 Å².